The summed E-state index contributed by atoms with van der Waals surface area (Å²) in [6.45, 7) is 5.92. The predicted octanol–water partition coefficient (Wildman–Crippen LogP) is 1.75. The summed E-state index contributed by atoms with van der Waals surface area (Å²) in [6.07, 6.45) is 4.35. The summed E-state index contributed by atoms with van der Waals surface area (Å²) >= 11 is 1.63. The summed E-state index contributed by atoms with van der Waals surface area (Å²) < 4.78 is -0.232. The standard InChI is InChI=1S/C9H17NOS/c1-9(2,12-3)8(11)10-6-4-5-7-10/h4-7H2,1-3H3. The highest BCUT2D eigenvalue weighted by atomic mass is 32.2. The molecule has 1 fully saturated rings. The van der Waals surface area contributed by atoms with Gasteiger partial charge in [-0.25, -0.2) is 0 Å². The Morgan fingerprint density at radius 1 is 1.33 bits per heavy atom. The molecule has 0 radical (unpaired) electrons. The van der Waals surface area contributed by atoms with Gasteiger partial charge in [-0.3, -0.25) is 4.79 Å². The monoisotopic (exact) mass is 187 g/mol. The van der Waals surface area contributed by atoms with Crippen LogP contribution in [0.2, 0.25) is 0 Å². The minimum absolute atomic E-state index is 0.232. The van der Waals surface area contributed by atoms with Crippen molar-refractivity contribution in [3.63, 3.8) is 0 Å². The van der Waals surface area contributed by atoms with Gasteiger partial charge in [0.05, 0.1) is 4.75 Å². The van der Waals surface area contributed by atoms with Gasteiger partial charge in [-0.2, -0.15) is 0 Å². The van der Waals surface area contributed by atoms with Crippen LogP contribution in [-0.4, -0.2) is 34.9 Å². The number of carbonyl (C=O) groups excluding carboxylic acids is 1. The Morgan fingerprint density at radius 3 is 2.25 bits per heavy atom. The molecule has 12 heavy (non-hydrogen) atoms. The number of rotatable bonds is 2. The lowest BCUT2D eigenvalue weighted by Crippen LogP contribution is -2.41. The van der Waals surface area contributed by atoms with Gasteiger partial charge in [0.1, 0.15) is 0 Å². The van der Waals surface area contributed by atoms with Gasteiger partial charge < -0.3 is 4.90 Å². The second-order valence-corrected chi connectivity index (χ2v) is 5.14. The minimum atomic E-state index is -0.232. The zero-order valence-corrected chi connectivity index (χ0v) is 8.91. The Labute approximate surface area is 78.7 Å². The van der Waals surface area contributed by atoms with Gasteiger partial charge in [-0.15, -0.1) is 11.8 Å². The van der Waals surface area contributed by atoms with E-state index in [0.29, 0.717) is 5.91 Å². The summed E-state index contributed by atoms with van der Waals surface area (Å²) in [5.41, 5.74) is 0. The maximum atomic E-state index is 11.8. The highest BCUT2D eigenvalue weighted by Crippen LogP contribution is 2.25. The second-order valence-electron chi connectivity index (χ2n) is 3.71. The van der Waals surface area contributed by atoms with Crippen molar-refractivity contribution in [2.75, 3.05) is 19.3 Å². The van der Waals surface area contributed by atoms with Crippen LogP contribution in [0.3, 0.4) is 0 Å². The molecule has 0 atom stereocenters. The maximum Gasteiger partial charge on any atom is 0.238 e. The third-order valence-electron chi connectivity index (χ3n) is 2.42. The first-order valence-corrected chi connectivity index (χ1v) is 5.65. The average Bonchev–Trinajstić information content (AvgIpc) is 2.55. The van der Waals surface area contributed by atoms with E-state index in [-0.39, 0.29) is 4.75 Å². The summed E-state index contributed by atoms with van der Waals surface area (Å²) in [5.74, 6) is 0.299. The molecule has 0 unspecified atom stereocenters. The molecule has 3 heteroatoms. The quantitative estimate of drug-likeness (QED) is 0.656. The zero-order chi connectivity index (χ0) is 9.19. The molecule has 0 spiro atoms. The van der Waals surface area contributed by atoms with Gasteiger partial charge in [0.25, 0.3) is 0 Å². The minimum Gasteiger partial charge on any atom is -0.342 e. The van der Waals surface area contributed by atoms with Crippen LogP contribution in [0, 0.1) is 0 Å². The molecule has 1 heterocycles. The second kappa shape index (κ2) is 3.69. The number of carbonyl (C=O) groups is 1. The molecule has 1 amide bonds. The fourth-order valence-corrected chi connectivity index (χ4v) is 1.69. The topological polar surface area (TPSA) is 20.3 Å². The molecule has 0 bridgehead atoms. The number of thioether (sulfide) groups is 1. The molecule has 1 rings (SSSR count). The summed E-state index contributed by atoms with van der Waals surface area (Å²) in [5, 5.41) is 0. The third kappa shape index (κ3) is 1.94. The average molecular weight is 187 g/mol. The van der Waals surface area contributed by atoms with Crippen LogP contribution >= 0.6 is 11.8 Å². The fourth-order valence-electron chi connectivity index (χ4n) is 1.39. The van der Waals surface area contributed by atoms with Crippen LogP contribution in [0.15, 0.2) is 0 Å². The summed E-state index contributed by atoms with van der Waals surface area (Å²) in [6, 6.07) is 0. The lowest BCUT2D eigenvalue weighted by molar-refractivity contribution is -0.131. The van der Waals surface area contributed by atoms with Crippen molar-refractivity contribution < 1.29 is 4.79 Å². The summed E-state index contributed by atoms with van der Waals surface area (Å²) in [4.78, 5) is 13.8. The van der Waals surface area contributed by atoms with Gasteiger partial charge in [-0.1, -0.05) is 0 Å². The molecule has 0 saturated carbocycles. The maximum absolute atomic E-state index is 11.8. The van der Waals surface area contributed by atoms with E-state index in [1.54, 1.807) is 11.8 Å². The first kappa shape index (κ1) is 9.90. The largest absolute Gasteiger partial charge is 0.342 e. The molecular formula is C9H17NOS. The van der Waals surface area contributed by atoms with Crippen molar-refractivity contribution in [3.05, 3.63) is 0 Å². The molecule has 0 aromatic rings. The smallest absolute Gasteiger partial charge is 0.238 e. The van der Waals surface area contributed by atoms with Gasteiger partial charge in [-0.05, 0) is 32.9 Å². The molecule has 0 aliphatic carbocycles. The van der Waals surface area contributed by atoms with E-state index < -0.39 is 0 Å². The number of hydrogen-bond donors (Lipinski definition) is 0. The molecule has 1 aliphatic heterocycles. The molecule has 0 N–H and O–H groups in total. The van der Waals surface area contributed by atoms with Crippen molar-refractivity contribution in [2.24, 2.45) is 0 Å². The lowest BCUT2D eigenvalue weighted by Gasteiger charge is -2.27. The van der Waals surface area contributed by atoms with E-state index in [1.165, 1.54) is 12.8 Å². The van der Waals surface area contributed by atoms with E-state index >= 15 is 0 Å². The van der Waals surface area contributed by atoms with Crippen LogP contribution in [-0.2, 0) is 4.79 Å². The fraction of sp³-hybridized carbons (Fsp3) is 0.889. The van der Waals surface area contributed by atoms with Crippen molar-refractivity contribution in [1.82, 2.24) is 4.90 Å². The highest BCUT2D eigenvalue weighted by Gasteiger charge is 2.32. The zero-order valence-electron chi connectivity index (χ0n) is 8.09. The molecule has 70 valence electrons. The third-order valence-corrected chi connectivity index (χ3v) is 3.61. The number of hydrogen-bond acceptors (Lipinski definition) is 2. The Balaban J connectivity index is 2.56. The van der Waals surface area contributed by atoms with Crippen molar-refractivity contribution in [3.8, 4) is 0 Å². The Morgan fingerprint density at radius 2 is 1.83 bits per heavy atom. The lowest BCUT2D eigenvalue weighted by atomic mass is 10.2. The van der Waals surface area contributed by atoms with Gasteiger partial charge in [0.2, 0.25) is 5.91 Å². The van der Waals surface area contributed by atoms with Crippen molar-refractivity contribution >= 4 is 17.7 Å². The molecule has 0 aromatic carbocycles. The van der Waals surface area contributed by atoms with Gasteiger partial charge in [0.15, 0.2) is 0 Å². The van der Waals surface area contributed by atoms with Crippen LogP contribution in [0.25, 0.3) is 0 Å². The van der Waals surface area contributed by atoms with E-state index in [1.807, 2.05) is 25.0 Å². The highest BCUT2D eigenvalue weighted by molar-refractivity contribution is 8.00. The molecule has 2 nitrogen and oxygen atoms in total. The predicted molar refractivity (Wildman–Crippen MR) is 53.4 cm³/mol. The number of nitrogens with zero attached hydrogens (tertiary/aromatic N) is 1. The first-order valence-electron chi connectivity index (χ1n) is 4.42. The van der Waals surface area contributed by atoms with E-state index in [4.69, 9.17) is 0 Å². The molecule has 1 aliphatic rings. The van der Waals surface area contributed by atoms with E-state index in [2.05, 4.69) is 0 Å². The Bertz CT molecular complexity index is 173. The summed E-state index contributed by atoms with van der Waals surface area (Å²) in [7, 11) is 0. The van der Waals surface area contributed by atoms with Gasteiger partial charge >= 0.3 is 0 Å². The SMILES string of the molecule is CSC(C)(C)C(=O)N1CCCC1. The molecular weight excluding hydrogens is 170 g/mol. The van der Waals surface area contributed by atoms with Crippen LogP contribution < -0.4 is 0 Å². The molecule has 1 saturated heterocycles. The normalized spacial score (nSPS) is 18.4. The Hall–Kier alpha value is -0.180. The van der Waals surface area contributed by atoms with Gasteiger partial charge in [0, 0.05) is 13.1 Å². The van der Waals surface area contributed by atoms with Crippen LogP contribution in [0.4, 0.5) is 0 Å². The van der Waals surface area contributed by atoms with E-state index in [9.17, 15) is 4.79 Å². The van der Waals surface area contributed by atoms with E-state index in [0.717, 1.165) is 13.1 Å². The number of amides is 1. The van der Waals surface area contributed by atoms with Crippen LogP contribution in [0.1, 0.15) is 26.7 Å². The van der Waals surface area contributed by atoms with Crippen LogP contribution in [0.5, 0.6) is 0 Å². The molecule has 0 aromatic heterocycles. The van der Waals surface area contributed by atoms with Crippen molar-refractivity contribution in [1.29, 1.82) is 0 Å². The number of likely N-dealkylation sites (tertiary alicyclic amines) is 1. The first-order chi connectivity index (χ1) is 5.58. The van der Waals surface area contributed by atoms with Crippen molar-refractivity contribution in [2.45, 2.75) is 31.4 Å². The Kier molecular flexibility index (Phi) is 3.04.